The number of aromatic nitrogens is 2. The first-order valence-corrected chi connectivity index (χ1v) is 6.15. The van der Waals surface area contributed by atoms with Gasteiger partial charge in [-0.15, -0.1) is 0 Å². The molecular weight excluding hydrogens is 264 g/mol. The highest BCUT2D eigenvalue weighted by molar-refractivity contribution is 6.30. The molecular formula is C14H11ClN2O2. The molecule has 0 atom stereocenters. The van der Waals surface area contributed by atoms with Crippen molar-refractivity contribution in [2.45, 2.75) is 6.61 Å². The van der Waals surface area contributed by atoms with Crippen LogP contribution in [0.15, 0.2) is 53.4 Å². The van der Waals surface area contributed by atoms with Crippen LogP contribution >= 0.6 is 11.6 Å². The number of ether oxygens (including phenoxy) is 1. The third kappa shape index (κ3) is 2.63. The second kappa shape index (κ2) is 5.20. The summed E-state index contributed by atoms with van der Waals surface area (Å²) in [6.07, 6.45) is 4.97. The first-order valence-electron chi connectivity index (χ1n) is 5.77. The molecule has 2 heterocycles. The van der Waals surface area contributed by atoms with Gasteiger partial charge in [-0.05, 0) is 17.7 Å². The van der Waals surface area contributed by atoms with Gasteiger partial charge in [0.05, 0.1) is 6.26 Å². The zero-order valence-corrected chi connectivity index (χ0v) is 10.7. The highest BCUT2D eigenvalue weighted by atomic mass is 35.5. The van der Waals surface area contributed by atoms with Crippen molar-refractivity contribution in [2.75, 3.05) is 0 Å². The maximum Gasteiger partial charge on any atom is 0.210 e. The Labute approximate surface area is 115 Å². The Hall–Kier alpha value is -2.20. The van der Waals surface area contributed by atoms with Crippen LogP contribution < -0.4 is 4.74 Å². The van der Waals surface area contributed by atoms with E-state index in [4.69, 9.17) is 20.8 Å². The Morgan fingerprint density at radius 1 is 1.32 bits per heavy atom. The number of nitrogens with zero attached hydrogens (tertiary/aromatic N) is 1. The molecule has 0 bridgehead atoms. The van der Waals surface area contributed by atoms with E-state index < -0.39 is 0 Å². The van der Waals surface area contributed by atoms with E-state index >= 15 is 0 Å². The molecule has 0 saturated heterocycles. The van der Waals surface area contributed by atoms with Gasteiger partial charge >= 0.3 is 0 Å². The lowest BCUT2D eigenvalue weighted by molar-refractivity contribution is 0.304. The Morgan fingerprint density at radius 3 is 3.05 bits per heavy atom. The van der Waals surface area contributed by atoms with Crippen LogP contribution in [0.25, 0.3) is 11.6 Å². The number of H-pyrrole nitrogens is 1. The molecule has 19 heavy (non-hydrogen) atoms. The Balaban J connectivity index is 1.76. The van der Waals surface area contributed by atoms with Crippen molar-refractivity contribution in [3.8, 4) is 17.3 Å². The van der Waals surface area contributed by atoms with Crippen molar-refractivity contribution in [3.63, 3.8) is 0 Å². The smallest absolute Gasteiger partial charge is 0.210 e. The number of benzene rings is 1. The van der Waals surface area contributed by atoms with Gasteiger partial charge in [-0.1, -0.05) is 23.7 Å². The largest absolute Gasteiger partial charge is 0.485 e. The third-order valence-electron chi connectivity index (χ3n) is 2.63. The van der Waals surface area contributed by atoms with Crippen molar-refractivity contribution < 1.29 is 9.15 Å². The molecule has 1 aromatic carbocycles. The zero-order valence-electron chi connectivity index (χ0n) is 9.97. The van der Waals surface area contributed by atoms with E-state index in [2.05, 4.69) is 9.97 Å². The number of imidazole rings is 1. The maximum atomic E-state index is 5.93. The molecule has 1 N–H and O–H groups in total. The molecule has 0 fully saturated rings. The van der Waals surface area contributed by atoms with Gasteiger partial charge in [0, 0.05) is 23.5 Å². The van der Waals surface area contributed by atoms with Gasteiger partial charge in [0.2, 0.25) is 5.76 Å². The van der Waals surface area contributed by atoms with Gasteiger partial charge in [-0.2, -0.15) is 0 Å². The van der Waals surface area contributed by atoms with E-state index in [0.717, 1.165) is 5.56 Å². The second-order valence-corrected chi connectivity index (χ2v) is 4.41. The van der Waals surface area contributed by atoms with E-state index in [9.17, 15) is 0 Å². The number of rotatable bonds is 4. The first-order chi connectivity index (χ1) is 9.33. The summed E-state index contributed by atoms with van der Waals surface area (Å²) in [5.41, 5.74) is 0.999. The van der Waals surface area contributed by atoms with E-state index in [1.807, 2.05) is 24.3 Å². The van der Waals surface area contributed by atoms with Crippen molar-refractivity contribution in [2.24, 2.45) is 0 Å². The number of halogens is 1. The van der Waals surface area contributed by atoms with Crippen LogP contribution in [-0.4, -0.2) is 9.97 Å². The third-order valence-corrected chi connectivity index (χ3v) is 2.86. The number of nitrogens with one attached hydrogen (secondary N) is 1. The molecule has 4 nitrogen and oxygen atoms in total. The number of hydrogen-bond donors (Lipinski definition) is 1. The topological polar surface area (TPSA) is 51.1 Å². The maximum absolute atomic E-state index is 5.93. The molecule has 0 amide bonds. The average Bonchev–Trinajstić information content (AvgIpc) is 3.07. The van der Waals surface area contributed by atoms with Gasteiger partial charge in [0.15, 0.2) is 11.6 Å². The fourth-order valence-corrected chi connectivity index (χ4v) is 1.97. The summed E-state index contributed by atoms with van der Waals surface area (Å²) < 4.78 is 11.1. The predicted octanol–water partition coefficient (Wildman–Crippen LogP) is 3.90. The van der Waals surface area contributed by atoms with Crippen molar-refractivity contribution in [3.05, 3.63) is 59.6 Å². The molecule has 0 aliphatic heterocycles. The zero-order chi connectivity index (χ0) is 13.1. The molecule has 3 rings (SSSR count). The van der Waals surface area contributed by atoms with Crippen molar-refractivity contribution in [1.82, 2.24) is 9.97 Å². The normalized spacial score (nSPS) is 10.6. The van der Waals surface area contributed by atoms with E-state index in [1.165, 1.54) is 0 Å². The minimum absolute atomic E-state index is 0.424. The van der Waals surface area contributed by atoms with Crippen molar-refractivity contribution >= 4 is 11.6 Å². The summed E-state index contributed by atoms with van der Waals surface area (Å²) in [4.78, 5) is 7.12. The van der Waals surface area contributed by atoms with Gasteiger partial charge < -0.3 is 14.1 Å². The predicted molar refractivity (Wildman–Crippen MR) is 72.1 cm³/mol. The second-order valence-electron chi connectivity index (χ2n) is 3.97. The van der Waals surface area contributed by atoms with E-state index in [-0.39, 0.29) is 0 Å². The molecule has 96 valence electrons. The number of aromatic amines is 1. The van der Waals surface area contributed by atoms with Gasteiger partial charge in [-0.25, -0.2) is 4.98 Å². The summed E-state index contributed by atoms with van der Waals surface area (Å²) in [5, 5.41) is 0.694. The van der Waals surface area contributed by atoms with Crippen LogP contribution in [0, 0.1) is 0 Å². The molecule has 0 aliphatic carbocycles. The molecule has 0 saturated carbocycles. The summed E-state index contributed by atoms with van der Waals surface area (Å²) in [5.74, 6) is 1.88. The lowest BCUT2D eigenvalue weighted by Crippen LogP contribution is -1.95. The van der Waals surface area contributed by atoms with Crippen LogP contribution in [0.5, 0.6) is 5.75 Å². The molecule has 0 spiro atoms. The lowest BCUT2D eigenvalue weighted by atomic mass is 10.2. The van der Waals surface area contributed by atoms with Crippen LogP contribution in [0.4, 0.5) is 0 Å². The van der Waals surface area contributed by atoms with E-state index in [0.29, 0.717) is 29.0 Å². The lowest BCUT2D eigenvalue weighted by Gasteiger charge is -2.05. The highest BCUT2D eigenvalue weighted by Crippen LogP contribution is 2.29. The van der Waals surface area contributed by atoms with Crippen LogP contribution in [0.2, 0.25) is 5.02 Å². The Bertz CT molecular complexity index is 662. The minimum atomic E-state index is 0.424. The summed E-state index contributed by atoms with van der Waals surface area (Å²) >= 11 is 5.93. The molecule has 0 unspecified atom stereocenters. The molecule has 3 aromatic rings. The highest BCUT2D eigenvalue weighted by Gasteiger charge is 2.12. The quantitative estimate of drug-likeness (QED) is 0.785. The SMILES string of the molecule is Clc1cccc(COc2ccoc2-c2ncc[nH]2)c1. The summed E-state index contributed by atoms with van der Waals surface area (Å²) in [7, 11) is 0. The van der Waals surface area contributed by atoms with Crippen LogP contribution in [0.3, 0.4) is 0 Å². The number of hydrogen-bond acceptors (Lipinski definition) is 3. The Morgan fingerprint density at radius 2 is 2.26 bits per heavy atom. The van der Waals surface area contributed by atoms with Crippen molar-refractivity contribution in [1.29, 1.82) is 0 Å². The van der Waals surface area contributed by atoms with Crippen LogP contribution in [-0.2, 0) is 6.61 Å². The monoisotopic (exact) mass is 274 g/mol. The molecule has 5 heteroatoms. The fourth-order valence-electron chi connectivity index (χ4n) is 1.76. The fraction of sp³-hybridized carbons (Fsp3) is 0.0714. The standard InChI is InChI=1S/C14H11ClN2O2/c15-11-3-1-2-10(8-11)9-19-12-4-7-18-13(12)14-16-5-6-17-14/h1-8H,9H2,(H,16,17). The van der Waals surface area contributed by atoms with Gasteiger partial charge in [0.1, 0.15) is 6.61 Å². The van der Waals surface area contributed by atoms with Crippen LogP contribution in [0.1, 0.15) is 5.56 Å². The summed E-state index contributed by atoms with van der Waals surface area (Å²) in [6, 6.07) is 9.32. The first kappa shape index (κ1) is 11.9. The molecule has 0 aliphatic rings. The molecule has 2 aromatic heterocycles. The Kier molecular flexibility index (Phi) is 3.25. The van der Waals surface area contributed by atoms with E-state index in [1.54, 1.807) is 24.7 Å². The summed E-state index contributed by atoms with van der Waals surface area (Å²) in [6.45, 7) is 0.424. The van der Waals surface area contributed by atoms with Gasteiger partial charge in [0.25, 0.3) is 0 Å². The average molecular weight is 275 g/mol. The molecule has 0 radical (unpaired) electrons. The minimum Gasteiger partial charge on any atom is -0.485 e. The number of furan rings is 1. The van der Waals surface area contributed by atoms with Gasteiger partial charge in [-0.3, -0.25) is 0 Å².